The SMILES string of the molecule is Nc1ncnc2c1c(-c1cn[nH]c1)nn2CC1=C(c2ccccc2)C(C=O)c2cc(F)ccc2O1. The molecule has 10 heteroatoms. The van der Waals surface area contributed by atoms with Gasteiger partial charge >= 0.3 is 0 Å². The molecular formula is C25H18FN7O2. The van der Waals surface area contributed by atoms with Gasteiger partial charge in [-0.05, 0) is 23.8 Å². The average Bonchev–Trinajstić information content (AvgIpc) is 3.53. The Labute approximate surface area is 198 Å². The van der Waals surface area contributed by atoms with E-state index in [0.717, 1.165) is 17.4 Å². The van der Waals surface area contributed by atoms with Crippen LogP contribution in [0.3, 0.4) is 0 Å². The van der Waals surface area contributed by atoms with Gasteiger partial charge in [-0.25, -0.2) is 19.0 Å². The van der Waals surface area contributed by atoms with E-state index in [2.05, 4.69) is 20.2 Å². The van der Waals surface area contributed by atoms with E-state index in [1.807, 2.05) is 30.3 Å². The zero-order chi connectivity index (χ0) is 23.9. The van der Waals surface area contributed by atoms with Gasteiger partial charge in [-0.15, -0.1) is 0 Å². The van der Waals surface area contributed by atoms with Crippen LogP contribution >= 0.6 is 0 Å². The third-order valence-electron chi connectivity index (χ3n) is 6.00. The van der Waals surface area contributed by atoms with Gasteiger partial charge in [-0.3, -0.25) is 5.10 Å². The van der Waals surface area contributed by atoms with Crippen molar-refractivity contribution >= 4 is 28.7 Å². The van der Waals surface area contributed by atoms with Crippen LogP contribution in [0, 0.1) is 5.82 Å². The maximum absolute atomic E-state index is 14.1. The number of nitrogens with two attached hydrogens (primary N) is 1. The van der Waals surface area contributed by atoms with Gasteiger partial charge in [0, 0.05) is 22.9 Å². The van der Waals surface area contributed by atoms with Crippen LogP contribution in [0.2, 0.25) is 0 Å². The largest absolute Gasteiger partial charge is 0.459 e. The first-order valence-corrected chi connectivity index (χ1v) is 10.8. The lowest BCUT2D eigenvalue weighted by atomic mass is 9.84. The van der Waals surface area contributed by atoms with Gasteiger partial charge in [0.05, 0.1) is 17.5 Å². The third kappa shape index (κ3) is 3.43. The summed E-state index contributed by atoms with van der Waals surface area (Å²) in [5, 5.41) is 12.1. The summed E-state index contributed by atoms with van der Waals surface area (Å²) in [6, 6.07) is 13.6. The minimum Gasteiger partial charge on any atom is -0.459 e. The van der Waals surface area contributed by atoms with Crippen LogP contribution in [0.15, 0.2) is 73.0 Å². The molecule has 0 saturated carbocycles. The fourth-order valence-electron chi connectivity index (χ4n) is 4.45. The molecule has 0 radical (unpaired) electrons. The summed E-state index contributed by atoms with van der Waals surface area (Å²) in [6.45, 7) is 0.149. The van der Waals surface area contributed by atoms with Crippen molar-refractivity contribution in [2.24, 2.45) is 0 Å². The quantitative estimate of drug-likeness (QED) is 0.377. The molecule has 1 aliphatic rings. The van der Waals surface area contributed by atoms with Gasteiger partial charge < -0.3 is 15.3 Å². The number of nitrogens with zero attached hydrogens (tertiary/aromatic N) is 5. The maximum Gasteiger partial charge on any atom is 0.164 e. The number of ether oxygens (including phenoxy) is 1. The van der Waals surface area contributed by atoms with Gasteiger partial charge in [-0.2, -0.15) is 10.2 Å². The molecule has 1 atom stereocenters. The number of aldehydes is 1. The van der Waals surface area contributed by atoms with Crippen LogP contribution in [0.4, 0.5) is 10.2 Å². The average molecular weight is 467 g/mol. The number of carbonyl (C=O) groups is 1. The number of aromatic amines is 1. The molecule has 35 heavy (non-hydrogen) atoms. The van der Waals surface area contributed by atoms with Crippen LogP contribution in [-0.2, 0) is 11.3 Å². The Balaban J connectivity index is 1.56. The first-order valence-electron chi connectivity index (χ1n) is 10.8. The Morgan fingerprint density at radius 3 is 2.77 bits per heavy atom. The predicted molar refractivity (Wildman–Crippen MR) is 127 cm³/mol. The van der Waals surface area contributed by atoms with E-state index in [1.54, 1.807) is 17.1 Å². The Bertz CT molecular complexity index is 1590. The lowest BCUT2D eigenvalue weighted by Crippen LogP contribution is -2.20. The van der Waals surface area contributed by atoms with E-state index < -0.39 is 11.7 Å². The van der Waals surface area contributed by atoms with Gasteiger partial charge in [0.2, 0.25) is 0 Å². The second-order valence-electron chi connectivity index (χ2n) is 8.05. The zero-order valence-corrected chi connectivity index (χ0v) is 18.2. The van der Waals surface area contributed by atoms with Crippen LogP contribution in [0.25, 0.3) is 27.9 Å². The number of nitrogens with one attached hydrogen (secondary N) is 1. The van der Waals surface area contributed by atoms with Gasteiger partial charge in [0.1, 0.15) is 48.0 Å². The molecule has 0 aliphatic carbocycles. The minimum atomic E-state index is -0.721. The van der Waals surface area contributed by atoms with Crippen molar-refractivity contribution in [3.8, 4) is 17.0 Å². The summed E-state index contributed by atoms with van der Waals surface area (Å²) in [5.74, 6) is 0.0317. The molecule has 172 valence electrons. The molecule has 5 aromatic rings. The Kier molecular flexibility index (Phi) is 4.84. The number of fused-ring (bicyclic) bond motifs is 2. The Hall–Kier alpha value is -4.86. The molecule has 2 aromatic carbocycles. The summed E-state index contributed by atoms with van der Waals surface area (Å²) >= 11 is 0. The summed E-state index contributed by atoms with van der Waals surface area (Å²) in [6.07, 6.45) is 5.52. The van der Waals surface area contributed by atoms with Gasteiger partial charge in [0.15, 0.2) is 5.65 Å². The monoisotopic (exact) mass is 467 g/mol. The summed E-state index contributed by atoms with van der Waals surface area (Å²) in [4.78, 5) is 20.9. The summed E-state index contributed by atoms with van der Waals surface area (Å²) in [5.41, 5.74) is 9.88. The second-order valence-corrected chi connectivity index (χ2v) is 8.05. The number of aromatic nitrogens is 6. The van der Waals surface area contributed by atoms with Crippen LogP contribution < -0.4 is 10.5 Å². The van der Waals surface area contributed by atoms with Gasteiger partial charge in [-0.1, -0.05) is 30.3 Å². The first kappa shape index (κ1) is 20.7. The van der Waals surface area contributed by atoms with E-state index in [9.17, 15) is 9.18 Å². The number of H-pyrrole nitrogens is 1. The predicted octanol–water partition coefficient (Wildman–Crippen LogP) is 3.72. The van der Waals surface area contributed by atoms with Crippen molar-refractivity contribution in [1.29, 1.82) is 0 Å². The van der Waals surface area contributed by atoms with Crippen molar-refractivity contribution in [2.75, 3.05) is 5.73 Å². The number of nitrogen functional groups attached to an aromatic ring is 1. The van der Waals surface area contributed by atoms with E-state index in [4.69, 9.17) is 15.6 Å². The number of allylic oxidation sites excluding steroid dienone is 2. The number of anilines is 1. The standard InChI is InChI=1S/C25H18FN7O2/c26-16-6-7-19-17(8-16)18(12-34)21(14-4-2-1-3-5-14)20(35-19)11-33-25-22(24(27)28-13-29-25)23(32-33)15-9-30-31-10-15/h1-10,12-13,18H,11H2,(H,30,31)(H2,27,28,29). The lowest BCUT2D eigenvalue weighted by Gasteiger charge is -2.28. The highest BCUT2D eigenvalue weighted by Gasteiger charge is 2.32. The van der Waals surface area contributed by atoms with Gasteiger partial charge in [0.25, 0.3) is 0 Å². The molecule has 1 unspecified atom stereocenters. The van der Waals surface area contributed by atoms with Crippen molar-refractivity contribution in [3.05, 3.63) is 90.0 Å². The molecule has 0 bridgehead atoms. The molecule has 0 fully saturated rings. The highest BCUT2D eigenvalue weighted by atomic mass is 19.1. The Morgan fingerprint density at radius 1 is 1.14 bits per heavy atom. The van der Waals surface area contributed by atoms with Crippen LogP contribution in [-0.4, -0.2) is 36.2 Å². The summed E-state index contributed by atoms with van der Waals surface area (Å²) < 4.78 is 22.0. The fraction of sp³-hybridized carbons (Fsp3) is 0.0800. The molecule has 0 saturated heterocycles. The normalized spacial score (nSPS) is 15.2. The van der Waals surface area contributed by atoms with E-state index in [-0.39, 0.29) is 12.4 Å². The fourth-order valence-corrected chi connectivity index (χ4v) is 4.45. The number of hydrogen-bond acceptors (Lipinski definition) is 7. The minimum absolute atomic E-state index is 0.149. The van der Waals surface area contributed by atoms with Crippen molar-refractivity contribution in [3.63, 3.8) is 0 Å². The smallest absolute Gasteiger partial charge is 0.164 e. The highest BCUT2D eigenvalue weighted by molar-refractivity contribution is 5.98. The molecule has 4 heterocycles. The first-order chi connectivity index (χ1) is 17.1. The number of benzene rings is 2. The molecule has 0 spiro atoms. The van der Waals surface area contributed by atoms with E-state index in [1.165, 1.54) is 24.5 Å². The van der Waals surface area contributed by atoms with E-state index in [0.29, 0.717) is 39.4 Å². The molecule has 3 N–H and O–H groups in total. The molecule has 6 rings (SSSR count). The van der Waals surface area contributed by atoms with Crippen LogP contribution in [0.5, 0.6) is 5.75 Å². The number of carbonyl (C=O) groups excluding carboxylic acids is 1. The summed E-state index contributed by atoms with van der Waals surface area (Å²) in [7, 11) is 0. The lowest BCUT2D eigenvalue weighted by molar-refractivity contribution is -0.108. The van der Waals surface area contributed by atoms with Crippen molar-refractivity contribution in [1.82, 2.24) is 29.9 Å². The zero-order valence-electron chi connectivity index (χ0n) is 18.2. The molecule has 1 aliphatic heterocycles. The van der Waals surface area contributed by atoms with Crippen LogP contribution in [0.1, 0.15) is 17.0 Å². The number of hydrogen-bond donors (Lipinski definition) is 2. The molecule has 3 aromatic heterocycles. The topological polar surface area (TPSA) is 125 Å². The highest BCUT2D eigenvalue weighted by Crippen LogP contribution is 2.44. The maximum atomic E-state index is 14.1. The third-order valence-corrected chi connectivity index (χ3v) is 6.00. The number of rotatable bonds is 5. The van der Waals surface area contributed by atoms with Crippen molar-refractivity contribution in [2.45, 2.75) is 12.5 Å². The molecular weight excluding hydrogens is 449 g/mol. The van der Waals surface area contributed by atoms with Crippen molar-refractivity contribution < 1.29 is 13.9 Å². The number of halogens is 1. The Morgan fingerprint density at radius 2 is 2.00 bits per heavy atom. The second kappa shape index (κ2) is 8.17. The molecule has 0 amide bonds. The van der Waals surface area contributed by atoms with E-state index >= 15 is 0 Å². The molecule has 9 nitrogen and oxygen atoms in total.